The number of fused-ring (bicyclic) bond motifs is 1. The Morgan fingerprint density at radius 2 is 1.08 bits per heavy atom. The average molecular weight is 505 g/mol. The Labute approximate surface area is 230 Å². The largest absolute Gasteiger partial charge is 0.397 e. The van der Waals surface area contributed by atoms with E-state index in [1.54, 1.807) is 0 Å². The molecule has 2 nitrogen and oxygen atoms in total. The van der Waals surface area contributed by atoms with Crippen molar-refractivity contribution in [1.29, 1.82) is 0 Å². The maximum atomic E-state index is 6.55. The van der Waals surface area contributed by atoms with E-state index in [0.29, 0.717) is 0 Å². The lowest BCUT2D eigenvalue weighted by Gasteiger charge is -2.28. The summed E-state index contributed by atoms with van der Waals surface area (Å²) in [5.74, 6) is 0. The molecule has 0 radical (unpaired) electrons. The molecule has 0 unspecified atom stereocenters. The smallest absolute Gasteiger partial charge is 0.0697 e. The Hall–Kier alpha value is -4.04. The van der Waals surface area contributed by atoms with Crippen LogP contribution in [-0.4, -0.2) is 0 Å². The summed E-state index contributed by atoms with van der Waals surface area (Å²) >= 11 is 0. The monoisotopic (exact) mass is 504 g/mol. The molecule has 2 heteroatoms. The van der Waals surface area contributed by atoms with Gasteiger partial charge in [-0.3, -0.25) is 0 Å². The van der Waals surface area contributed by atoms with Crippen LogP contribution in [0.5, 0.6) is 0 Å². The van der Waals surface area contributed by atoms with Crippen molar-refractivity contribution >= 4 is 33.5 Å². The van der Waals surface area contributed by atoms with Crippen LogP contribution in [0, 0.1) is 0 Å². The molecule has 0 aliphatic heterocycles. The van der Waals surface area contributed by atoms with Crippen LogP contribution in [0.3, 0.4) is 0 Å². The molecule has 0 aliphatic rings. The number of benzene rings is 5. The van der Waals surface area contributed by atoms with E-state index in [1.807, 2.05) is 45.9 Å². The van der Waals surface area contributed by atoms with Crippen molar-refractivity contribution in [3.05, 3.63) is 121 Å². The van der Waals surface area contributed by atoms with Crippen molar-refractivity contribution in [2.24, 2.45) is 0 Å². The second-order valence-electron chi connectivity index (χ2n) is 8.31. The lowest BCUT2D eigenvalue weighted by molar-refractivity contribution is 0.886. The zero-order valence-electron chi connectivity index (χ0n) is 24.0. The van der Waals surface area contributed by atoms with Crippen LogP contribution in [0.1, 0.15) is 54.4 Å². The molecular formula is C36H44N2. The van der Waals surface area contributed by atoms with Gasteiger partial charge in [-0.15, -0.1) is 0 Å². The van der Waals surface area contributed by atoms with E-state index >= 15 is 0 Å². The molecule has 5 aromatic carbocycles. The summed E-state index contributed by atoms with van der Waals surface area (Å²) in [6.07, 6.45) is 2.64. The van der Waals surface area contributed by atoms with Gasteiger partial charge in [0.05, 0.1) is 17.1 Å². The van der Waals surface area contributed by atoms with E-state index in [1.165, 1.54) is 29.2 Å². The van der Waals surface area contributed by atoms with Gasteiger partial charge >= 0.3 is 0 Å². The molecule has 38 heavy (non-hydrogen) atoms. The van der Waals surface area contributed by atoms with Crippen molar-refractivity contribution in [3.63, 3.8) is 0 Å². The molecule has 0 fully saturated rings. The quantitative estimate of drug-likeness (QED) is 0.241. The van der Waals surface area contributed by atoms with Crippen LogP contribution < -0.4 is 10.6 Å². The molecule has 0 saturated carbocycles. The first-order valence-electron chi connectivity index (χ1n) is 14.0. The van der Waals surface area contributed by atoms with Crippen LogP contribution >= 0.6 is 0 Å². The lowest BCUT2D eigenvalue weighted by Crippen LogP contribution is -2.12. The summed E-state index contributed by atoms with van der Waals surface area (Å²) in [6, 6.07) is 41.9. The normalized spacial score (nSPS) is 9.63. The molecule has 0 atom stereocenters. The number of hydrogen-bond acceptors (Lipinski definition) is 2. The predicted molar refractivity (Wildman–Crippen MR) is 172 cm³/mol. The molecule has 0 spiro atoms. The molecule has 0 bridgehead atoms. The van der Waals surface area contributed by atoms with Crippen LogP contribution in [0.15, 0.2) is 121 Å². The highest BCUT2D eigenvalue weighted by molar-refractivity contribution is 6.00. The third kappa shape index (κ3) is 7.73. The van der Waals surface area contributed by atoms with E-state index in [2.05, 4.69) is 122 Å². The van der Waals surface area contributed by atoms with E-state index in [0.717, 1.165) is 28.3 Å². The molecular weight excluding hydrogens is 460 g/mol. The number of para-hydroxylation sites is 1. The van der Waals surface area contributed by atoms with Crippen molar-refractivity contribution < 1.29 is 0 Å². The van der Waals surface area contributed by atoms with E-state index in [4.69, 9.17) is 5.73 Å². The van der Waals surface area contributed by atoms with Crippen LogP contribution in [0.2, 0.25) is 0 Å². The number of hydrogen-bond donors (Lipinski definition) is 1. The van der Waals surface area contributed by atoms with Gasteiger partial charge in [0.2, 0.25) is 0 Å². The molecule has 0 amide bonds. The van der Waals surface area contributed by atoms with Gasteiger partial charge in [0, 0.05) is 11.1 Å². The number of unbranched alkanes of at least 4 members (excludes halogenated alkanes) is 1. The van der Waals surface area contributed by atoms with Crippen LogP contribution in [0.4, 0.5) is 22.7 Å². The molecule has 0 heterocycles. The summed E-state index contributed by atoms with van der Waals surface area (Å²) in [4.78, 5) is 2.25. The van der Waals surface area contributed by atoms with Gasteiger partial charge in [-0.05, 0) is 46.8 Å². The Morgan fingerprint density at radius 1 is 0.526 bits per heavy atom. The molecule has 2 N–H and O–H groups in total. The highest BCUT2D eigenvalue weighted by Crippen LogP contribution is 2.42. The minimum atomic E-state index is 0.742. The molecule has 5 aromatic rings. The third-order valence-electron chi connectivity index (χ3n) is 5.90. The highest BCUT2D eigenvalue weighted by atomic mass is 15.2. The second-order valence-corrected chi connectivity index (χ2v) is 8.31. The number of nitrogens with two attached hydrogens (primary N) is 1. The average Bonchev–Trinajstić information content (AvgIpc) is 3.01. The first-order chi connectivity index (χ1) is 18.7. The van der Waals surface area contributed by atoms with Gasteiger partial charge in [-0.25, -0.2) is 0 Å². The van der Waals surface area contributed by atoms with Crippen LogP contribution in [0.25, 0.3) is 21.9 Å². The fourth-order valence-corrected chi connectivity index (χ4v) is 3.94. The van der Waals surface area contributed by atoms with Gasteiger partial charge < -0.3 is 10.6 Å². The predicted octanol–water partition coefficient (Wildman–Crippen LogP) is 11.4. The van der Waals surface area contributed by atoms with Gasteiger partial charge in [-0.1, -0.05) is 145 Å². The van der Waals surface area contributed by atoms with E-state index < -0.39 is 0 Å². The lowest BCUT2D eigenvalue weighted by atomic mass is 10.0. The van der Waals surface area contributed by atoms with E-state index in [9.17, 15) is 0 Å². The zero-order chi connectivity index (χ0) is 27.8. The minimum Gasteiger partial charge on any atom is -0.397 e. The zero-order valence-corrected chi connectivity index (χ0v) is 24.0. The highest BCUT2D eigenvalue weighted by Gasteiger charge is 2.18. The SMILES string of the molecule is CC.CC.CCCC.Nc1ccc(-c2ccccc2)cc1N(c1ccccc1)c1cccc2ccccc12. The Balaban J connectivity index is 0.000000571. The fourth-order valence-electron chi connectivity index (χ4n) is 3.94. The summed E-state index contributed by atoms with van der Waals surface area (Å²) in [7, 11) is 0. The summed E-state index contributed by atoms with van der Waals surface area (Å²) < 4.78 is 0. The Bertz CT molecular complexity index is 1320. The number of nitrogens with zero attached hydrogens (tertiary/aromatic N) is 1. The Kier molecular flexibility index (Phi) is 13.2. The van der Waals surface area contributed by atoms with Crippen molar-refractivity contribution in [2.45, 2.75) is 54.4 Å². The van der Waals surface area contributed by atoms with Crippen molar-refractivity contribution in [1.82, 2.24) is 0 Å². The first kappa shape index (κ1) is 30.2. The van der Waals surface area contributed by atoms with Gasteiger partial charge in [-0.2, -0.15) is 0 Å². The van der Waals surface area contributed by atoms with Crippen LogP contribution in [-0.2, 0) is 0 Å². The Morgan fingerprint density at radius 3 is 1.71 bits per heavy atom. The minimum absolute atomic E-state index is 0.742. The van der Waals surface area contributed by atoms with Crippen molar-refractivity contribution in [2.75, 3.05) is 10.6 Å². The molecule has 0 aromatic heterocycles. The van der Waals surface area contributed by atoms with Gasteiger partial charge in [0.15, 0.2) is 0 Å². The number of nitrogen functional groups attached to an aromatic ring is 1. The van der Waals surface area contributed by atoms with Gasteiger partial charge in [0.25, 0.3) is 0 Å². The molecule has 0 aliphatic carbocycles. The molecule has 198 valence electrons. The summed E-state index contributed by atoms with van der Waals surface area (Å²) in [5.41, 5.74) is 12.8. The molecule has 5 rings (SSSR count). The maximum Gasteiger partial charge on any atom is 0.0697 e. The summed E-state index contributed by atoms with van der Waals surface area (Å²) in [6.45, 7) is 12.4. The fraction of sp³-hybridized carbons (Fsp3) is 0.222. The number of rotatable bonds is 5. The maximum absolute atomic E-state index is 6.55. The second kappa shape index (κ2) is 16.7. The summed E-state index contributed by atoms with van der Waals surface area (Å²) in [5, 5.41) is 2.39. The number of anilines is 4. The first-order valence-corrected chi connectivity index (χ1v) is 14.0. The topological polar surface area (TPSA) is 29.3 Å². The van der Waals surface area contributed by atoms with Crippen molar-refractivity contribution in [3.8, 4) is 11.1 Å². The standard InChI is InChI=1S/C28H22N2.C4H10.2C2H6/c29-26-19-18-23(21-10-3-1-4-11-21)20-28(26)30(24-14-5-2-6-15-24)27-17-9-13-22-12-7-8-16-25(22)27;1-3-4-2;2*1-2/h1-20H,29H2;3-4H2,1-2H3;2*1-2H3. The molecule has 0 saturated heterocycles. The van der Waals surface area contributed by atoms with Gasteiger partial charge in [0.1, 0.15) is 0 Å². The third-order valence-corrected chi connectivity index (χ3v) is 5.90. The van der Waals surface area contributed by atoms with E-state index in [-0.39, 0.29) is 0 Å².